The molecular formula is CH3Cl2O3P. The fourth-order valence-electron chi connectivity index (χ4n) is 0. The number of hydrogen-bond acceptors (Lipinski definition) is 3. The molecule has 0 heterocycles. The second-order valence-electron chi connectivity index (χ2n) is 0.809. The monoisotopic (exact) mass is 164 g/mol. The molecule has 44 valence electrons. The summed E-state index contributed by atoms with van der Waals surface area (Å²) in [6, 6.07) is 0. The van der Waals surface area contributed by atoms with Crippen LogP contribution in [0.1, 0.15) is 0 Å². The van der Waals surface area contributed by atoms with E-state index in [4.69, 9.17) is 37.9 Å². The van der Waals surface area contributed by atoms with E-state index in [1.165, 1.54) is 0 Å². The molecule has 3 nitrogen and oxygen atoms in total. The van der Waals surface area contributed by atoms with Crippen LogP contribution in [0.4, 0.5) is 0 Å². The van der Waals surface area contributed by atoms with Gasteiger partial charge in [0, 0.05) is 0 Å². The van der Waals surface area contributed by atoms with Crippen LogP contribution >= 0.6 is 30.8 Å². The van der Waals surface area contributed by atoms with E-state index >= 15 is 0 Å². The second-order valence-corrected chi connectivity index (χ2v) is 3.87. The summed E-state index contributed by atoms with van der Waals surface area (Å²) in [4.78, 5) is 24.0. The van der Waals surface area contributed by atoms with Gasteiger partial charge in [0.05, 0.1) is 0 Å². The Kier molecular flexibility index (Phi) is 2.61. The van der Waals surface area contributed by atoms with Crippen LogP contribution in [-0.4, -0.2) is 18.9 Å². The van der Waals surface area contributed by atoms with E-state index in [-0.39, 0.29) is 0 Å². The zero-order valence-corrected chi connectivity index (χ0v) is 5.45. The van der Waals surface area contributed by atoms with E-state index in [1.54, 1.807) is 0 Å². The van der Waals surface area contributed by atoms with E-state index in [0.717, 1.165) is 0 Å². The minimum absolute atomic E-state index is 0.785. The van der Waals surface area contributed by atoms with Crippen molar-refractivity contribution >= 4 is 35.0 Å². The highest BCUT2D eigenvalue weighted by molar-refractivity contribution is 7.68. The van der Waals surface area contributed by atoms with Crippen LogP contribution in [-0.2, 0) is 0 Å². The molecule has 0 aromatic carbocycles. The summed E-state index contributed by atoms with van der Waals surface area (Å²) in [5.41, 5.74) is 0. The SMILES string of the molecule is OP(O)(O)=C(Cl)Cl. The van der Waals surface area contributed by atoms with Gasteiger partial charge in [-0.3, -0.25) is 0 Å². The predicted octanol–water partition coefficient (Wildman–Crippen LogP) is 0.291. The van der Waals surface area contributed by atoms with Crippen LogP contribution < -0.4 is 0 Å². The zero-order chi connectivity index (χ0) is 6.08. The van der Waals surface area contributed by atoms with Gasteiger partial charge in [-0.25, -0.2) is 0 Å². The van der Waals surface area contributed by atoms with E-state index in [9.17, 15) is 0 Å². The van der Waals surface area contributed by atoms with Crippen molar-refractivity contribution in [1.29, 1.82) is 0 Å². The molecule has 7 heavy (non-hydrogen) atoms. The molecule has 0 bridgehead atoms. The standard InChI is InChI=1S/CH3Cl2O3P/c2-1(3)7(4,5)6/h4-6H. The third-order valence-electron chi connectivity index (χ3n) is 0.227. The molecule has 0 aliphatic carbocycles. The first-order valence-corrected chi connectivity index (χ1v) is 3.60. The van der Waals surface area contributed by atoms with Gasteiger partial charge in [-0.1, -0.05) is 23.2 Å². The molecule has 0 saturated carbocycles. The lowest BCUT2D eigenvalue weighted by atomic mass is 11.9. The first-order chi connectivity index (χ1) is 2.94. The fourth-order valence-corrected chi connectivity index (χ4v) is 0. The molecular weight excluding hydrogens is 162 g/mol. The van der Waals surface area contributed by atoms with Crippen molar-refractivity contribution in [3.05, 3.63) is 0 Å². The highest BCUT2D eigenvalue weighted by atomic mass is 35.5. The van der Waals surface area contributed by atoms with Gasteiger partial charge in [0.25, 0.3) is 7.57 Å². The molecule has 0 aliphatic heterocycles. The maximum absolute atomic E-state index is 8.02. The van der Waals surface area contributed by atoms with Gasteiger partial charge in [0.15, 0.2) is 4.21 Å². The Labute approximate surface area is 50.3 Å². The largest absolute Gasteiger partial charge is 0.331 e. The smallest absolute Gasteiger partial charge is 0.280 e. The Morgan fingerprint density at radius 3 is 1.29 bits per heavy atom. The Morgan fingerprint density at radius 1 is 1.14 bits per heavy atom. The first kappa shape index (κ1) is 7.76. The lowest BCUT2D eigenvalue weighted by Gasteiger charge is -1.98. The lowest BCUT2D eigenvalue weighted by Crippen LogP contribution is -1.80. The van der Waals surface area contributed by atoms with Crippen molar-refractivity contribution in [2.45, 2.75) is 0 Å². The van der Waals surface area contributed by atoms with E-state index in [2.05, 4.69) is 0 Å². The molecule has 0 radical (unpaired) electrons. The second kappa shape index (κ2) is 2.35. The van der Waals surface area contributed by atoms with Crippen LogP contribution in [0.2, 0.25) is 0 Å². The Hall–Kier alpha value is 0.760. The number of halogens is 2. The average Bonchev–Trinajstić information content (AvgIpc) is 1.31. The van der Waals surface area contributed by atoms with Gasteiger partial charge in [-0.05, 0) is 0 Å². The van der Waals surface area contributed by atoms with Crippen molar-refractivity contribution in [3.63, 3.8) is 0 Å². The highest BCUT2D eigenvalue weighted by Crippen LogP contribution is 2.35. The van der Waals surface area contributed by atoms with Crippen molar-refractivity contribution < 1.29 is 14.7 Å². The summed E-state index contributed by atoms with van der Waals surface area (Å²) in [7, 11) is -4.04. The van der Waals surface area contributed by atoms with E-state index < -0.39 is 11.8 Å². The Morgan fingerprint density at radius 2 is 1.29 bits per heavy atom. The molecule has 6 heteroatoms. The minimum Gasteiger partial charge on any atom is -0.331 e. The van der Waals surface area contributed by atoms with Crippen molar-refractivity contribution in [1.82, 2.24) is 0 Å². The molecule has 0 amide bonds. The van der Waals surface area contributed by atoms with Crippen LogP contribution in [0.3, 0.4) is 0 Å². The predicted molar refractivity (Wildman–Crippen MR) is 30.3 cm³/mol. The summed E-state index contributed by atoms with van der Waals surface area (Å²) in [5, 5.41) is 0. The zero-order valence-electron chi connectivity index (χ0n) is 3.04. The number of rotatable bonds is 0. The van der Waals surface area contributed by atoms with Gasteiger partial charge >= 0.3 is 0 Å². The van der Waals surface area contributed by atoms with Crippen molar-refractivity contribution in [3.8, 4) is 0 Å². The molecule has 0 rings (SSSR count). The van der Waals surface area contributed by atoms with E-state index in [0.29, 0.717) is 0 Å². The molecule has 0 spiro atoms. The van der Waals surface area contributed by atoms with Crippen LogP contribution in [0.25, 0.3) is 0 Å². The minimum atomic E-state index is -4.04. The van der Waals surface area contributed by atoms with Crippen LogP contribution in [0.15, 0.2) is 0 Å². The molecule has 0 aliphatic rings. The quantitative estimate of drug-likeness (QED) is 0.452. The highest BCUT2D eigenvalue weighted by Gasteiger charge is 2.07. The molecule has 0 fully saturated rings. The molecule has 3 N–H and O–H groups in total. The van der Waals surface area contributed by atoms with Gasteiger partial charge in [-0.15, -0.1) is 0 Å². The summed E-state index contributed by atoms with van der Waals surface area (Å²) in [6.45, 7) is 0. The van der Waals surface area contributed by atoms with Crippen LogP contribution in [0, 0.1) is 0 Å². The summed E-state index contributed by atoms with van der Waals surface area (Å²) in [6.07, 6.45) is 0. The normalized spacial score (nSPS) is 11.6. The molecule has 0 aromatic rings. The van der Waals surface area contributed by atoms with Crippen molar-refractivity contribution in [2.24, 2.45) is 0 Å². The van der Waals surface area contributed by atoms with Gasteiger partial charge in [-0.2, -0.15) is 0 Å². The van der Waals surface area contributed by atoms with Crippen LogP contribution in [0.5, 0.6) is 0 Å². The van der Waals surface area contributed by atoms with Gasteiger partial charge < -0.3 is 14.7 Å². The topological polar surface area (TPSA) is 60.7 Å². The summed E-state index contributed by atoms with van der Waals surface area (Å²) < 4.78 is -0.785. The number of hydrogen-bond donors (Lipinski definition) is 3. The Balaban J connectivity index is 4.28. The maximum atomic E-state index is 8.02. The van der Waals surface area contributed by atoms with E-state index in [1.807, 2.05) is 0 Å². The fraction of sp³-hybridized carbons (Fsp3) is 0. The maximum Gasteiger partial charge on any atom is 0.280 e. The average molecular weight is 165 g/mol. The lowest BCUT2D eigenvalue weighted by molar-refractivity contribution is 0.360. The summed E-state index contributed by atoms with van der Waals surface area (Å²) >= 11 is 9.47. The molecule has 0 saturated heterocycles. The van der Waals surface area contributed by atoms with Crippen molar-refractivity contribution in [2.75, 3.05) is 0 Å². The summed E-state index contributed by atoms with van der Waals surface area (Å²) in [5.74, 6) is 0. The van der Waals surface area contributed by atoms with Gasteiger partial charge in [0.1, 0.15) is 0 Å². The molecule has 0 atom stereocenters. The Bertz CT molecular complexity index is 102. The first-order valence-electron chi connectivity index (χ1n) is 1.20. The molecule has 0 aromatic heterocycles. The third kappa shape index (κ3) is 3.35. The third-order valence-corrected chi connectivity index (χ3v) is 2.04. The van der Waals surface area contributed by atoms with Gasteiger partial charge in [0.2, 0.25) is 0 Å². The molecule has 0 unspecified atom stereocenters.